The number of amides is 1. The van der Waals surface area contributed by atoms with E-state index in [1.165, 1.54) is 17.8 Å². The molecule has 1 amide bonds. The molecule has 2 unspecified atom stereocenters. The minimum atomic E-state index is -0.313. The van der Waals surface area contributed by atoms with Gasteiger partial charge in [-0.25, -0.2) is 0 Å². The number of aromatic amines is 1. The number of nitrogens with zero attached hydrogens (tertiary/aromatic N) is 3. The highest BCUT2D eigenvalue weighted by molar-refractivity contribution is 7.21. The first-order valence-corrected chi connectivity index (χ1v) is 10.9. The van der Waals surface area contributed by atoms with Gasteiger partial charge in [0.2, 0.25) is 0 Å². The van der Waals surface area contributed by atoms with Crippen LogP contribution in [-0.2, 0) is 0 Å². The van der Waals surface area contributed by atoms with Crippen LogP contribution in [0.1, 0.15) is 55.3 Å². The number of methoxy groups -OCH3 is 1. The summed E-state index contributed by atoms with van der Waals surface area (Å²) >= 11 is 1.40. The molecule has 8 nitrogen and oxygen atoms in total. The molecule has 2 aromatic heterocycles. The van der Waals surface area contributed by atoms with Gasteiger partial charge in [-0.3, -0.25) is 10.1 Å². The molecule has 3 aromatic rings. The van der Waals surface area contributed by atoms with Gasteiger partial charge in [-0.1, -0.05) is 25.9 Å². The summed E-state index contributed by atoms with van der Waals surface area (Å²) < 4.78 is 13.1. The number of hydrogen-bond donors (Lipinski definition) is 2. The van der Waals surface area contributed by atoms with Gasteiger partial charge in [-0.05, 0) is 60.4 Å². The van der Waals surface area contributed by atoms with E-state index in [4.69, 9.17) is 9.47 Å². The maximum Gasteiger partial charge on any atom is 0.272 e. The van der Waals surface area contributed by atoms with Crippen molar-refractivity contribution >= 4 is 33.3 Å². The van der Waals surface area contributed by atoms with Crippen LogP contribution < -0.4 is 14.8 Å². The molecule has 0 bridgehead atoms. The fraction of sp³-hybridized carbons (Fsp3) is 0.524. The molecule has 1 aromatic carbocycles. The number of carbonyl (C=O) groups is 1. The van der Waals surface area contributed by atoms with Gasteiger partial charge in [0.05, 0.1) is 13.2 Å². The van der Waals surface area contributed by atoms with Crippen LogP contribution in [0.3, 0.4) is 0 Å². The van der Waals surface area contributed by atoms with Crippen molar-refractivity contribution in [3.05, 3.63) is 22.6 Å². The molecule has 2 atom stereocenters. The molecule has 1 saturated carbocycles. The van der Waals surface area contributed by atoms with E-state index in [2.05, 4.69) is 46.7 Å². The summed E-state index contributed by atoms with van der Waals surface area (Å²) in [6, 6.07) is 3.99. The molecule has 2 heterocycles. The number of rotatable bonds is 5. The lowest BCUT2D eigenvalue weighted by Crippen LogP contribution is -2.34. The lowest BCUT2D eigenvalue weighted by Gasteiger charge is -2.38. The minimum Gasteiger partial charge on any atom is -0.496 e. The molecule has 1 aliphatic carbocycles. The summed E-state index contributed by atoms with van der Waals surface area (Å²) in [4.78, 5) is 13.5. The van der Waals surface area contributed by atoms with Crippen molar-refractivity contribution < 1.29 is 14.3 Å². The normalized spacial score (nSPS) is 20.8. The number of H-pyrrole nitrogens is 1. The van der Waals surface area contributed by atoms with Crippen LogP contribution in [0.15, 0.2) is 12.1 Å². The molecule has 0 aliphatic heterocycles. The van der Waals surface area contributed by atoms with Crippen LogP contribution >= 0.6 is 11.3 Å². The van der Waals surface area contributed by atoms with Gasteiger partial charge in [0.15, 0.2) is 5.75 Å². The highest BCUT2D eigenvalue weighted by Crippen LogP contribution is 2.45. The Morgan fingerprint density at radius 2 is 2.13 bits per heavy atom. The number of nitrogens with one attached hydrogen (secondary N) is 2. The largest absolute Gasteiger partial charge is 0.496 e. The fourth-order valence-electron chi connectivity index (χ4n) is 4.58. The molecule has 9 heteroatoms. The molecule has 160 valence electrons. The van der Waals surface area contributed by atoms with E-state index in [1.807, 2.05) is 19.1 Å². The predicted octanol–water partition coefficient (Wildman–Crippen LogP) is 4.58. The van der Waals surface area contributed by atoms with Gasteiger partial charge in [-0.2, -0.15) is 5.21 Å². The van der Waals surface area contributed by atoms with Crippen LogP contribution in [0, 0.1) is 18.3 Å². The maximum atomic E-state index is 13.0. The number of thiophene rings is 1. The third kappa shape index (κ3) is 4.12. The molecule has 1 aliphatic rings. The number of aromatic nitrogens is 4. The lowest BCUT2D eigenvalue weighted by atomic mass is 9.71. The number of hydrogen-bond acceptors (Lipinski definition) is 7. The van der Waals surface area contributed by atoms with Crippen LogP contribution in [0.2, 0.25) is 0 Å². The highest BCUT2D eigenvalue weighted by atomic mass is 32.1. The quantitative estimate of drug-likeness (QED) is 0.616. The van der Waals surface area contributed by atoms with Gasteiger partial charge >= 0.3 is 0 Å². The summed E-state index contributed by atoms with van der Waals surface area (Å²) in [6.07, 6.45) is 3.14. The van der Waals surface area contributed by atoms with E-state index in [1.54, 1.807) is 7.11 Å². The molecule has 2 N–H and O–H groups in total. The van der Waals surface area contributed by atoms with E-state index in [-0.39, 0.29) is 23.4 Å². The summed E-state index contributed by atoms with van der Waals surface area (Å²) in [6.45, 7) is 8.81. The first-order chi connectivity index (χ1) is 14.3. The summed E-state index contributed by atoms with van der Waals surface area (Å²) in [5.74, 6) is 1.76. The van der Waals surface area contributed by atoms with Crippen LogP contribution in [0.4, 0.5) is 5.95 Å². The van der Waals surface area contributed by atoms with Gasteiger partial charge in [-0.15, -0.1) is 16.4 Å². The van der Waals surface area contributed by atoms with Crippen LogP contribution in [-0.4, -0.2) is 39.7 Å². The molecular formula is C21H27N5O3S. The second-order valence-corrected chi connectivity index (χ2v) is 9.97. The summed E-state index contributed by atoms with van der Waals surface area (Å²) in [5, 5.41) is 17.0. The Balaban J connectivity index is 1.75. The number of tetrazole rings is 1. The molecule has 0 saturated heterocycles. The van der Waals surface area contributed by atoms with Crippen molar-refractivity contribution in [1.29, 1.82) is 0 Å². The number of aryl methyl sites for hydroxylation is 1. The third-order valence-corrected chi connectivity index (χ3v) is 6.70. The fourth-order valence-corrected chi connectivity index (χ4v) is 5.69. The molecule has 30 heavy (non-hydrogen) atoms. The SMILES string of the molecule is COc1cc2c(OC3CC(C)CC(C)(C)C3)c(C(=O)Nc3nn[nH]n3)sc2cc1C. The Bertz CT molecular complexity index is 1060. The van der Waals surface area contributed by atoms with Gasteiger partial charge in [0.25, 0.3) is 11.9 Å². The topological polar surface area (TPSA) is 102 Å². The number of anilines is 1. The van der Waals surface area contributed by atoms with Crippen molar-refractivity contribution in [2.24, 2.45) is 11.3 Å². The minimum absolute atomic E-state index is 0.0468. The van der Waals surface area contributed by atoms with E-state index < -0.39 is 0 Å². The zero-order valence-corrected chi connectivity index (χ0v) is 18.7. The molecule has 0 spiro atoms. The number of ether oxygens (including phenoxy) is 2. The Morgan fingerprint density at radius 1 is 1.33 bits per heavy atom. The second-order valence-electron chi connectivity index (χ2n) is 8.92. The van der Waals surface area contributed by atoms with Crippen LogP contribution in [0.5, 0.6) is 11.5 Å². The molecular weight excluding hydrogens is 402 g/mol. The van der Waals surface area contributed by atoms with E-state index in [9.17, 15) is 4.79 Å². The monoisotopic (exact) mass is 429 g/mol. The number of fused-ring (bicyclic) bond motifs is 1. The summed E-state index contributed by atoms with van der Waals surface area (Å²) in [5.41, 5.74) is 1.21. The van der Waals surface area contributed by atoms with Gasteiger partial charge in [0.1, 0.15) is 10.6 Å². The van der Waals surface area contributed by atoms with Gasteiger partial charge in [0, 0.05) is 10.1 Å². The molecule has 0 radical (unpaired) electrons. The smallest absolute Gasteiger partial charge is 0.272 e. The van der Waals surface area contributed by atoms with Crippen molar-refractivity contribution in [1.82, 2.24) is 20.6 Å². The Labute approximate surface area is 179 Å². The van der Waals surface area contributed by atoms with Gasteiger partial charge < -0.3 is 9.47 Å². The Hall–Kier alpha value is -2.68. The first kappa shape index (κ1) is 20.6. The van der Waals surface area contributed by atoms with E-state index in [0.717, 1.165) is 34.2 Å². The van der Waals surface area contributed by atoms with E-state index >= 15 is 0 Å². The standard InChI is InChI=1S/C21H27N5O3S/c1-11-6-13(10-21(3,4)9-11)29-17-14-8-15(28-5)12(2)7-16(14)30-18(17)19(27)22-20-23-25-26-24-20/h7-8,11,13H,6,9-10H2,1-5H3,(H2,22,23,24,25,26,27). The average molecular weight is 430 g/mol. The van der Waals surface area contributed by atoms with Crippen LogP contribution in [0.25, 0.3) is 10.1 Å². The van der Waals surface area contributed by atoms with Crippen molar-refractivity contribution in [2.75, 3.05) is 12.4 Å². The highest BCUT2D eigenvalue weighted by Gasteiger charge is 2.34. The Kier molecular flexibility index (Phi) is 5.40. The zero-order valence-electron chi connectivity index (χ0n) is 17.9. The van der Waals surface area contributed by atoms with E-state index in [0.29, 0.717) is 16.5 Å². The second kappa shape index (κ2) is 7.86. The summed E-state index contributed by atoms with van der Waals surface area (Å²) in [7, 11) is 1.65. The van der Waals surface area contributed by atoms with Crippen molar-refractivity contribution in [3.8, 4) is 11.5 Å². The van der Waals surface area contributed by atoms with Crippen molar-refractivity contribution in [2.45, 2.75) is 53.1 Å². The first-order valence-electron chi connectivity index (χ1n) is 10.1. The number of carbonyl (C=O) groups excluding carboxylic acids is 1. The molecule has 1 fully saturated rings. The predicted molar refractivity (Wildman–Crippen MR) is 116 cm³/mol. The maximum absolute atomic E-state index is 13.0. The third-order valence-electron chi connectivity index (χ3n) is 5.57. The average Bonchev–Trinajstić information content (AvgIpc) is 3.27. The Morgan fingerprint density at radius 3 is 2.80 bits per heavy atom. The van der Waals surface area contributed by atoms with Crippen molar-refractivity contribution in [3.63, 3.8) is 0 Å². The zero-order chi connectivity index (χ0) is 21.5. The lowest BCUT2D eigenvalue weighted by molar-refractivity contribution is 0.0568. The number of benzene rings is 1. The molecule has 4 rings (SSSR count).